The number of hydrogen-bond acceptors (Lipinski definition) is 7. The average Bonchev–Trinajstić information content (AvgIpc) is 2.84. The van der Waals surface area contributed by atoms with E-state index in [9.17, 15) is 4.79 Å². The summed E-state index contributed by atoms with van der Waals surface area (Å²) in [5, 5.41) is 37.3. The molecule has 218 valence electrons. The number of hydrazone groups is 3. The lowest BCUT2D eigenvalue weighted by Crippen LogP contribution is -2.42. The van der Waals surface area contributed by atoms with Crippen LogP contribution in [0.15, 0.2) is 63.8 Å². The standard InChI is InChI=1S/C22H30N14O.3ClH/c1-12(30-32-19(23)24)15-6-4-8-17(10-15)29-22(35-34-21(27)28)36(14(3)37)18-9-5-7-16(11-18)13(2)31-33-20(25)26;;;/h4-11H,1-3H3,(H,29,35)(H4,23,24,32)(H4,25,26,33)(H4,27,28,34);3*1H. The van der Waals surface area contributed by atoms with Gasteiger partial charge >= 0.3 is 0 Å². The first kappa shape index (κ1) is 37.6. The Bertz CT molecular complexity index is 1300. The lowest BCUT2D eigenvalue weighted by Gasteiger charge is -2.24. The number of nitrogens with one attached hydrogen (secondary N) is 7. The average molecular weight is 616 g/mol. The van der Waals surface area contributed by atoms with Gasteiger partial charge in [0.25, 0.3) is 0 Å². The number of benzene rings is 2. The molecule has 0 saturated carbocycles. The third kappa shape index (κ3) is 11.8. The molecule has 0 spiro atoms. The maximum absolute atomic E-state index is 12.8. The molecule has 40 heavy (non-hydrogen) atoms. The molecule has 15 nitrogen and oxygen atoms in total. The van der Waals surface area contributed by atoms with Gasteiger partial charge in [-0.25, -0.2) is 21.2 Å². The van der Waals surface area contributed by atoms with Gasteiger partial charge in [-0.3, -0.25) is 21.0 Å². The van der Waals surface area contributed by atoms with Crippen LogP contribution >= 0.6 is 37.2 Å². The van der Waals surface area contributed by atoms with E-state index in [1.165, 1.54) is 11.8 Å². The van der Waals surface area contributed by atoms with Crippen LogP contribution in [0.1, 0.15) is 31.9 Å². The van der Waals surface area contributed by atoms with Crippen LogP contribution in [0.3, 0.4) is 0 Å². The summed E-state index contributed by atoms with van der Waals surface area (Å²) in [5.41, 5.74) is 26.6. The molecule has 0 aromatic heterocycles. The van der Waals surface area contributed by atoms with Crippen LogP contribution in [0.5, 0.6) is 0 Å². The molecular weight excluding hydrogens is 583 g/mol. The minimum Gasteiger partial charge on any atom is -0.369 e. The van der Waals surface area contributed by atoms with Crippen LogP contribution in [0.2, 0.25) is 0 Å². The van der Waals surface area contributed by atoms with Crippen molar-refractivity contribution in [3.05, 3.63) is 59.7 Å². The van der Waals surface area contributed by atoms with Crippen molar-refractivity contribution in [1.29, 1.82) is 16.2 Å². The van der Waals surface area contributed by atoms with E-state index in [0.29, 0.717) is 33.9 Å². The van der Waals surface area contributed by atoms with Gasteiger partial charge in [-0.05, 0) is 49.2 Å². The summed E-state index contributed by atoms with van der Waals surface area (Å²) >= 11 is 0. The number of carbonyl (C=O) groups is 1. The predicted molar refractivity (Wildman–Crippen MR) is 168 cm³/mol. The zero-order valence-electron chi connectivity index (χ0n) is 21.8. The maximum atomic E-state index is 12.8. The fourth-order valence-electron chi connectivity index (χ4n) is 2.94. The summed E-state index contributed by atoms with van der Waals surface area (Å²) in [7, 11) is 0. The second-order valence-electron chi connectivity index (χ2n) is 7.52. The second kappa shape index (κ2) is 17.8. The van der Waals surface area contributed by atoms with Gasteiger partial charge in [0.2, 0.25) is 29.7 Å². The highest BCUT2D eigenvalue weighted by atomic mass is 35.5. The van der Waals surface area contributed by atoms with Crippen LogP contribution in [-0.2, 0) is 4.79 Å². The highest BCUT2D eigenvalue weighted by Crippen LogP contribution is 2.20. The lowest BCUT2D eigenvalue weighted by molar-refractivity contribution is -0.115. The SMILES string of the molecule is CC(=O)N(C(=NNC(=N)N)Nc1cccc(C(C)=NNC(=N)N)c1)c1cccc(C(C)=NNC(=N)N)c1.Cl.Cl.Cl. The van der Waals surface area contributed by atoms with E-state index in [2.05, 4.69) is 36.9 Å². The van der Waals surface area contributed by atoms with Crippen LogP contribution in [0, 0.1) is 16.2 Å². The molecule has 1 amide bonds. The largest absolute Gasteiger partial charge is 0.369 e. The van der Waals surface area contributed by atoms with Crippen molar-refractivity contribution in [3.63, 3.8) is 0 Å². The Kier molecular flexibility index (Phi) is 16.7. The molecule has 0 bridgehead atoms. The van der Waals surface area contributed by atoms with Crippen molar-refractivity contribution in [2.24, 2.45) is 32.5 Å². The molecule has 0 aliphatic heterocycles. The van der Waals surface area contributed by atoms with Crippen molar-refractivity contribution < 1.29 is 4.79 Å². The highest BCUT2D eigenvalue weighted by molar-refractivity contribution is 6.20. The molecule has 0 aliphatic rings. The maximum Gasteiger partial charge on any atom is 0.232 e. The number of halogens is 3. The van der Waals surface area contributed by atoms with Crippen LogP contribution in [-0.4, -0.2) is 41.2 Å². The van der Waals surface area contributed by atoms with Gasteiger partial charge in [0.1, 0.15) is 0 Å². The minimum atomic E-state index is -0.429. The number of nitrogens with two attached hydrogens (primary N) is 3. The van der Waals surface area contributed by atoms with Gasteiger partial charge in [-0.2, -0.15) is 10.2 Å². The summed E-state index contributed by atoms with van der Waals surface area (Å²) in [4.78, 5) is 14.1. The molecule has 0 saturated heterocycles. The van der Waals surface area contributed by atoms with Crippen LogP contribution in [0.25, 0.3) is 0 Å². The van der Waals surface area contributed by atoms with Crippen molar-refractivity contribution in [2.45, 2.75) is 20.8 Å². The predicted octanol–water partition coefficient (Wildman–Crippen LogP) is 1.59. The number of carbonyl (C=O) groups excluding carboxylic acids is 1. The van der Waals surface area contributed by atoms with Crippen molar-refractivity contribution in [3.8, 4) is 0 Å². The van der Waals surface area contributed by atoms with Crippen molar-refractivity contribution in [2.75, 3.05) is 10.2 Å². The fraction of sp³-hybridized carbons (Fsp3) is 0.136. The molecule has 0 aliphatic carbocycles. The third-order valence-corrected chi connectivity index (χ3v) is 4.56. The van der Waals surface area contributed by atoms with Gasteiger partial charge in [0.05, 0.1) is 17.1 Å². The number of rotatable bonds is 7. The van der Waals surface area contributed by atoms with Crippen LogP contribution < -0.4 is 43.7 Å². The van der Waals surface area contributed by atoms with Crippen molar-refractivity contribution in [1.82, 2.24) is 16.3 Å². The Hall–Kier alpha value is -4.60. The zero-order chi connectivity index (χ0) is 27.5. The van der Waals surface area contributed by atoms with E-state index in [4.69, 9.17) is 33.4 Å². The van der Waals surface area contributed by atoms with E-state index in [1.807, 2.05) is 0 Å². The van der Waals surface area contributed by atoms with Gasteiger partial charge in [-0.15, -0.1) is 42.3 Å². The Labute approximate surface area is 249 Å². The number of guanidine groups is 4. The molecule has 0 heterocycles. The minimum absolute atomic E-state index is 0. The molecule has 2 aromatic rings. The van der Waals surface area contributed by atoms with E-state index in [0.717, 1.165) is 0 Å². The second-order valence-corrected chi connectivity index (χ2v) is 7.52. The Morgan fingerprint density at radius 1 is 0.725 bits per heavy atom. The molecule has 18 heteroatoms. The number of anilines is 2. The number of hydrogen-bond donors (Lipinski definition) is 10. The Morgan fingerprint density at radius 2 is 1.18 bits per heavy atom. The Morgan fingerprint density at radius 3 is 1.65 bits per heavy atom. The molecule has 0 fully saturated rings. The first-order valence-electron chi connectivity index (χ1n) is 10.7. The fourth-order valence-corrected chi connectivity index (χ4v) is 2.94. The van der Waals surface area contributed by atoms with E-state index < -0.39 is 5.96 Å². The molecular formula is C22H33Cl3N14O. The van der Waals surface area contributed by atoms with Crippen molar-refractivity contribution >= 4 is 89.8 Å². The summed E-state index contributed by atoms with van der Waals surface area (Å²) in [6, 6.07) is 14.0. The third-order valence-electron chi connectivity index (χ3n) is 4.56. The van der Waals surface area contributed by atoms with Gasteiger partial charge in [-0.1, -0.05) is 24.3 Å². The summed E-state index contributed by atoms with van der Waals surface area (Å²) in [5.74, 6) is -1.39. The highest BCUT2D eigenvalue weighted by Gasteiger charge is 2.20. The summed E-state index contributed by atoms with van der Waals surface area (Å²) in [6.45, 7) is 4.81. The molecule has 2 rings (SSSR count). The van der Waals surface area contributed by atoms with Crippen LogP contribution in [0.4, 0.5) is 11.4 Å². The van der Waals surface area contributed by atoms with E-state index in [-0.39, 0.29) is 61.0 Å². The summed E-state index contributed by atoms with van der Waals surface area (Å²) < 4.78 is 0. The normalized spacial score (nSPS) is 10.9. The van der Waals surface area contributed by atoms with Gasteiger partial charge in [0.15, 0.2) is 0 Å². The zero-order valence-corrected chi connectivity index (χ0v) is 24.2. The Balaban J connectivity index is 0. The van der Waals surface area contributed by atoms with Gasteiger partial charge in [0, 0.05) is 12.6 Å². The molecule has 13 N–H and O–H groups in total. The van der Waals surface area contributed by atoms with E-state index >= 15 is 0 Å². The van der Waals surface area contributed by atoms with E-state index in [1.54, 1.807) is 62.4 Å². The van der Waals surface area contributed by atoms with Gasteiger partial charge < -0.3 is 22.5 Å². The molecule has 0 unspecified atom stereocenters. The quantitative estimate of drug-likeness (QED) is 0.124. The lowest BCUT2D eigenvalue weighted by atomic mass is 10.1. The molecule has 0 radical (unpaired) electrons. The smallest absolute Gasteiger partial charge is 0.232 e. The first-order chi connectivity index (χ1) is 17.5. The molecule has 0 atom stereocenters. The first-order valence-corrected chi connectivity index (χ1v) is 10.7. The topological polar surface area (TPSA) is 255 Å². The summed E-state index contributed by atoms with van der Waals surface area (Å²) in [6.07, 6.45) is 0. The number of amides is 1. The monoisotopic (exact) mass is 614 g/mol. The number of nitrogens with zero attached hydrogens (tertiary/aromatic N) is 4. The molecule has 2 aromatic carbocycles.